The van der Waals surface area contributed by atoms with Gasteiger partial charge in [-0.1, -0.05) is 11.3 Å². The van der Waals surface area contributed by atoms with Gasteiger partial charge < -0.3 is 4.90 Å². The lowest BCUT2D eigenvalue weighted by Gasteiger charge is -2.23. The number of carbonyl (C=O) groups is 1. The van der Waals surface area contributed by atoms with Gasteiger partial charge in [0.15, 0.2) is 0 Å². The first kappa shape index (κ1) is 14.8. The summed E-state index contributed by atoms with van der Waals surface area (Å²) in [7, 11) is 0. The van der Waals surface area contributed by atoms with Crippen LogP contribution >= 0.6 is 11.3 Å². The minimum atomic E-state index is -0.0198. The Morgan fingerprint density at radius 3 is 2.57 bits per heavy atom. The fourth-order valence-corrected chi connectivity index (χ4v) is 4.21. The van der Waals surface area contributed by atoms with Gasteiger partial charge in [0.25, 0.3) is 0 Å². The predicted molar refractivity (Wildman–Crippen MR) is 83.8 cm³/mol. The quantitative estimate of drug-likeness (QED) is 0.843. The second kappa shape index (κ2) is 5.93. The summed E-state index contributed by atoms with van der Waals surface area (Å²) >= 11 is 1.23. The zero-order valence-corrected chi connectivity index (χ0v) is 13.6. The maximum atomic E-state index is 12.4. The van der Waals surface area contributed by atoms with Gasteiger partial charge in [0.05, 0.1) is 0 Å². The first-order valence-corrected chi connectivity index (χ1v) is 8.56. The predicted octanol–water partition coefficient (Wildman–Crippen LogP) is 1.22. The Bertz CT molecular complexity index is 586. The summed E-state index contributed by atoms with van der Waals surface area (Å²) in [6.45, 7) is 8.05. The van der Waals surface area contributed by atoms with E-state index in [1.807, 2.05) is 18.7 Å². The molecule has 5 nitrogen and oxygen atoms in total. The van der Waals surface area contributed by atoms with Crippen LogP contribution in [0.25, 0.3) is 0 Å². The number of hydrogen-bond donors (Lipinski definition) is 0. The van der Waals surface area contributed by atoms with Gasteiger partial charge in [-0.25, -0.2) is 0 Å². The Kier molecular flexibility index (Phi) is 4.17. The zero-order valence-electron chi connectivity index (χ0n) is 12.8. The monoisotopic (exact) mass is 309 g/mol. The van der Waals surface area contributed by atoms with E-state index in [0.717, 1.165) is 30.1 Å². The third kappa shape index (κ3) is 2.92. The van der Waals surface area contributed by atoms with Crippen molar-refractivity contribution in [1.82, 2.24) is 14.4 Å². The lowest BCUT2D eigenvalue weighted by Crippen LogP contribution is -2.39. The van der Waals surface area contributed by atoms with Gasteiger partial charge in [-0.15, -0.1) is 0 Å². The highest BCUT2D eigenvalue weighted by atomic mass is 32.1. The molecule has 2 aliphatic rings. The van der Waals surface area contributed by atoms with Crippen molar-refractivity contribution in [3.63, 3.8) is 0 Å². The molecule has 2 saturated heterocycles. The van der Waals surface area contributed by atoms with Crippen molar-refractivity contribution in [3.05, 3.63) is 20.2 Å². The van der Waals surface area contributed by atoms with Crippen LogP contribution in [0.15, 0.2) is 4.79 Å². The van der Waals surface area contributed by atoms with Crippen LogP contribution in [0.5, 0.6) is 0 Å². The normalized spacial score (nSPS) is 23.1. The van der Waals surface area contributed by atoms with E-state index in [0.29, 0.717) is 6.04 Å². The Morgan fingerprint density at radius 2 is 1.95 bits per heavy atom. The molecule has 0 aromatic carbocycles. The molecule has 2 fully saturated rings. The standard InChI is InChI=1S/C15H23N3O2S/c1-11-12(2)21-15(20)18(11)10-14(19)17-8-5-13(9-17)16-6-3-4-7-16/h13H,3-10H2,1-2H3. The molecule has 1 amide bonds. The summed E-state index contributed by atoms with van der Waals surface area (Å²) in [6.07, 6.45) is 3.64. The van der Waals surface area contributed by atoms with Crippen molar-refractivity contribution < 1.29 is 4.79 Å². The molecular formula is C15H23N3O2S. The van der Waals surface area contributed by atoms with Gasteiger partial charge in [-0.2, -0.15) is 0 Å². The molecular weight excluding hydrogens is 286 g/mol. The number of hydrogen-bond acceptors (Lipinski definition) is 4. The molecule has 116 valence electrons. The van der Waals surface area contributed by atoms with E-state index in [1.54, 1.807) is 4.57 Å². The van der Waals surface area contributed by atoms with Crippen molar-refractivity contribution in [2.75, 3.05) is 26.2 Å². The van der Waals surface area contributed by atoms with Crippen molar-refractivity contribution in [2.45, 2.75) is 45.7 Å². The van der Waals surface area contributed by atoms with E-state index in [4.69, 9.17) is 0 Å². The largest absolute Gasteiger partial charge is 0.340 e. The maximum absolute atomic E-state index is 12.4. The van der Waals surface area contributed by atoms with Gasteiger partial charge >= 0.3 is 4.87 Å². The van der Waals surface area contributed by atoms with Crippen LogP contribution in [0.2, 0.25) is 0 Å². The average molecular weight is 309 g/mol. The molecule has 3 heterocycles. The van der Waals surface area contributed by atoms with Crippen molar-refractivity contribution >= 4 is 17.2 Å². The van der Waals surface area contributed by atoms with Gasteiger partial charge in [0.1, 0.15) is 6.54 Å². The summed E-state index contributed by atoms with van der Waals surface area (Å²) in [6, 6.07) is 0.526. The minimum Gasteiger partial charge on any atom is -0.340 e. The fourth-order valence-electron chi connectivity index (χ4n) is 3.38. The number of rotatable bonds is 3. The van der Waals surface area contributed by atoms with Gasteiger partial charge in [0.2, 0.25) is 5.91 Å². The number of aryl methyl sites for hydroxylation is 1. The molecule has 0 aliphatic carbocycles. The molecule has 1 unspecified atom stereocenters. The highest BCUT2D eigenvalue weighted by molar-refractivity contribution is 7.09. The molecule has 2 aliphatic heterocycles. The topological polar surface area (TPSA) is 45.6 Å². The van der Waals surface area contributed by atoms with E-state index in [1.165, 1.54) is 37.3 Å². The van der Waals surface area contributed by atoms with E-state index < -0.39 is 0 Å². The third-order valence-corrected chi connectivity index (χ3v) is 5.84. The van der Waals surface area contributed by atoms with Crippen LogP contribution < -0.4 is 4.87 Å². The number of thiazole rings is 1. The molecule has 0 spiro atoms. The lowest BCUT2D eigenvalue weighted by atomic mass is 10.2. The summed E-state index contributed by atoms with van der Waals surface area (Å²) in [5.74, 6) is 0.0831. The molecule has 3 rings (SSSR count). The van der Waals surface area contributed by atoms with Crippen molar-refractivity contribution in [1.29, 1.82) is 0 Å². The number of carbonyl (C=O) groups excluding carboxylic acids is 1. The average Bonchev–Trinajstić information content (AvgIpc) is 3.15. The van der Waals surface area contributed by atoms with Crippen LogP contribution in [-0.2, 0) is 11.3 Å². The summed E-state index contributed by atoms with van der Waals surface area (Å²) < 4.78 is 1.62. The molecule has 21 heavy (non-hydrogen) atoms. The van der Waals surface area contributed by atoms with Gasteiger partial charge in [-0.05, 0) is 46.2 Å². The minimum absolute atomic E-state index is 0.0198. The number of aromatic nitrogens is 1. The fraction of sp³-hybridized carbons (Fsp3) is 0.733. The Morgan fingerprint density at radius 1 is 1.24 bits per heavy atom. The molecule has 0 radical (unpaired) electrons. The van der Waals surface area contributed by atoms with Crippen LogP contribution in [0, 0.1) is 13.8 Å². The smallest absolute Gasteiger partial charge is 0.308 e. The molecule has 1 aromatic heterocycles. The first-order chi connectivity index (χ1) is 10.1. The van der Waals surface area contributed by atoms with E-state index >= 15 is 0 Å². The molecule has 1 aromatic rings. The Hall–Kier alpha value is -1.14. The van der Waals surface area contributed by atoms with Gasteiger partial charge in [-0.3, -0.25) is 19.1 Å². The second-order valence-electron chi connectivity index (χ2n) is 6.12. The van der Waals surface area contributed by atoms with Gasteiger partial charge in [0, 0.05) is 29.7 Å². The summed E-state index contributed by atoms with van der Waals surface area (Å²) in [5, 5.41) is 0. The molecule has 0 N–H and O–H groups in total. The zero-order chi connectivity index (χ0) is 15.0. The summed E-state index contributed by atoms with van der Waals surface area (Å²) in [5.41, 5.74) is 0.925. The number of likely N-dealkylation sites (tertiary alicyclic amines) is 2. The first-order valence-electron chi connectivity index (χ1n) is 7.75. The number of amides is 1. The Labute approximate surface area is 129 Å². The van der Waals surface area contributed by atoms with E-state index in [-0.39, 0.29) is 17.3 Å². The van der Waals surface area contributed by atoms with Crippen LogP contribution in [0.3, 0.4) is 0 Å². The Balaban J connectivity index is 1.62. The van der Waals surface area contributed by atoms with Crippen molar-refractivity contribution in [2.24, 2.45) is 0 Å². The van der Waals surface area contributed by atoms with Crippen LogP contribution in [0.4, 0.5) is 0 Å². The summed E-state index contributed by atoms with van der Waals surface area (Å²) in [4.78, 5) is 29.8. The SMILES string of the molecule is Cc1sc(=O)n(CC(=O)N2CCC(N3CCCC3)C2)c1C. The lowest BCUT2D eigenvalue weighted by molar-refractivity contribution is -0.131. The molecule has 0 saturated carbocycles. The molecule has 1 atom stereocenters. The highest BCUT2D eigenvalue weighted by Gasteiger charge is 2.31. The van der Waals surface area contributed by atoms with Crippen molar-refractivity contribution in [3.8, 4) is 0 Å². The van der Waals surface area contributed by atoms with E-state index in [2.05, 4.69) is 4.90 Å². The van der Waals surface area contributed by atoms with Crippen LogP contribution in [-0.4, -0.2) is 52.5 Å². The maximum Gasteiger partial charge on any atom is 0.308 e. The second-order valence-corrected chi connectivity index (χ2v) is 7.29. The highest BCUT2D eigenvalue weighted by Crippen LogP contribution is 2.21. The molecule has 0 bridgehead atoms. The van der Waals surface area contributed by atoms with E-state index in [9.17, 15) is 9.59 Å². The molecule has 6 heteroatoms. The number of nitrogens with zero attached hydrogens (tertiary/aromatic N) is 3. The third-order valence-electron chi connectivity index (χ3n) is 4.84. The van der Waals surface area contributed by atoms with Crippen LogP contribution in [0.1, 0.15) is 29.8 Å².